The van der Waals surface area contributed by atoms with Crippen LogP contribution in [0, 0.1) is 0 Å². The number of halogens is 1. The van der Waals surface area contributed by atoms with E-state index in [9.17, 15) is 9.59 Å². The number of H-pyrrole nitrogens is 1. The highest BCUT2D eigenvalue weighted by atomic mass is 35.5. The Morgan fingerprint density at radius 2 is 1.93 bits per heavy atom. The van der Waals surface area contributed by atoms with E-state index in [0.29, 0.717) is 31.0 Å². The summed E-state index contributed by atoms with van der Waals surface area (Å²) in [6, 6.07) is 10.7. The van der Waals surface area contributed by atoms with Gasteiger partial charge in [-0.05, 0) is 24.3 Å². The van der Waals surface area contributed by atoms with E-state index in [2.05, 4.69) is 30.3 Å². The molecule has 0 aliphatic heterocycles. The number of nitrogen functional groups attached to an aromatic ring is 1. The van der Waals surface area contributed by atoms with Crippen molar-refractivity contribution in [2.75, 3.05) is 25.9 Å². The third kappa shape index (κ3) is 5.56. The molecule has 1 amide bonds. The van der Waals surface area contributed by atoms with E-state index >= 15 is 0 Å². The van der Waals surface area contributed by atoms with Gasteiger partial charge in [-0.25, -0.2) is 4.79 Å². The fourth-order valence-electron chi connectivity index (χ4n) is 2.46. The lowest BCUT2D eigenvalue weighted by Gasteiger charge is -2.04. The average Bonchev–Trinajstić information content (AvgIpc) is 3.36. The predicted octanol–water partition coefficient (Wildman–Crippen LogP) is -2.36. The third-order valence-corrected chi connectivity index (χ3v) is 3.90. The van der Waals surface area contributed by atoms with Crippen LogP contribution in [-0.2, 0) is 11.3 Å². The Balaban J connectivity index is 0.00000300. The van der Waals surface area contributed by atoms with Gasteiger partial charge in [0.1, 0.15) is 16.7 Å². The van der Waals surface area contributed by atoms with Gasteiger partial charge in [-0.3, -0.25) is 4.79 Å². The molecule has 2 heterocycles. The van der Waals surface area contributed by atoms with Gasteiger partial charge in [-0.1, -0.05) is 17.3 Å². The Labute approximate surface area is 172 Å². The average molecular weight is 422 g/mol. The number of methoxy groups -OCH3 is 1. The lowest BCUT2D eigenvalue weighted by Crippen LogP contribution is -3.00. The Morgan fingerprint density at radius 1 is 1.17 bits per heavy atom. The zero-order valence-corrected chi connectivity index (χ0v) is 16.3. The minimum atomic E-state index is -0.417. The number of hydrogen-bond acceptors (Lipinski definition) is 8. The van der Waals surface area contributed by atoms with Crippen molar-refractivity contribution in [1.82, 2.24) is 15.8 Å². The molecule has 1 aromatic carbocycles. The fourth-order valence-corrected chi connectivity index (χ4v) is 2.46. The maximum Gasteiger partial charge on any atom is 0.337 e. The fraction of sp³-hybridized carbons (Fsp3) is 0.222. The zero-order chi connectivity index (χ0) is 19.9. The highest BCUT2D eigenvalue weighted by Crippen LogP contribution is 2.22. The molecule has 3 aromatic rings. The van der Waals surface area contributed by atoms with E-state index < -0.39 is 5.91 Å². The number of carbonyl (C=O) groups excluding carboxylic acids is 2. The molecule has 0 saturated carbocycles. The number of aromatic nitrogens is 2. The molecule has 0 radical (unpaired) electrons. The maximum atomic E-state index is 11.8. The van der Waals surface area contributed by atoms with Crippen LogP contribution in [0.1, 0.15) is 26.6 Å². The Bertz CT molecular complexity index is 954. The van der Waals surface area contributed by atoms with Gasteiger partial charge in [0.2, 0.25) is 0 Å². The van der Waals surface area contributed by atoms with E-state index in [-0.39, 0.29) is 29.9 Å². The van der Waals surface area contributed by atoms with E-state index in [1.807, 2.05) is 12.1 Å². The molecular weight excluding hydrogens is 402 g/mol. The van der Waals surface area contributed by atoms with Crippen molar-refractivity contribution in [2.24, 2.45) is 0 Å². The molecule has 0 saturated heterocycles. The van der Waals surface area contributed by atoms with Gasteiger partial charge in [-0.2, -0.15) is 0 Å². The minimum Gasteiger partial charge on any atom is -1.00 e. The summed E-state index contributed by atoms with van der Waals surface area (Å²) in [5.41, 5.74) is 6.86. The van der Waals surface area contributed by atoms with Crippen molar-refractivity contribution in [3.05, 3.63) is 53.4 Å². The van der Waals surface area contributed by atoms with Crippen LogP contribution >= 0.6 is 0 Å². The first-order chi connectivity index (χ1) is 13.6. The van der Waals surface area contributed by atoms with Crippen LogP contribution in [-0.4, -0.2) is 37.2 Å². The van der Waals surface area contributed by atoms with E-state index in [1.54, 1.807) is 24.3 Å². The molecule has 3 rings (SSSR count). The number of nitrogens with zero attached hydrogens (tertiary/aromatic N) is 1. The van der Waals surface area contributed by atoms with E-state index in [4.69, 9.17) is 10.2 Å². The molecule has 0 aliphatic rings. The number of nitrogens with two attached hydrogens (primary N) is 1. The molecule has 10 nitrogen and oxygen atoms in total. The zero-order valence-electron chi connectivity index (χ0n) is 15.5. The number of hydrogen-bond donors (Lipinski definition) is 3. The highest BCUT2D eigenvalue weighted by Gasteiger charge is 2.21. The van der Waals surface area contributed by atoms with Crippen molar-refractivity contribution in [2.45, 2.75) is 6.54 Å². The van der Waals surface area contributed by atoms with Crippen LogP contribution < -0.4 is 33.9 Å². The van der Waals surface area contributed by atoms with Crippen molar-refractivity contribution >= 4 is 17.7 Å². The summed E-state index contributed by atoms with van der Waals surface area (Å²) < 4.78 is 15.0. The first kappa shape index (κ1) is 21.9. The van der Waals surface area contributed by atoms with Gasteiger partial charge in [0.25, 0.3) is 5.91 Å². The maximum absolute atomic E-state index is 11.8. The number of benzene rings is 1. The van der Waals surface area contributed by atoms with Crippen molar-refractivity contribution in [3.8, 4) is 11.3 Å². The van der Waals surface area contributed by atoms with Crippen molar-refractivity contribution in [3.63, 3.8) is 0 Å². The lowest BCUT2D eigenvalue weighted by molar-refractivity contribution is -0.610. The van der Waals surface area contributed by atoms with Gasteiger partial charge in [-0.15, -0.1) is 4.63 Å². The number of amides is 1. The smallest absolute Gasteiger partial charge is 0.337 e. The summed E-state index contributed by atoms with van der Waals surface area (Å²) in [7, 11) is 1.34. The van der Waals surface area contributed by atoms with Crippen molar-refractivity contribution < 1.29 is 40.9 Å². The second kappa shape index (κ2) is 10.2. The second-order valence-corrected chi connectivity index (χ2v) is 5.81. The molecule has 0 aliphatic carbocycles. The quantitative estimate of drug-likeness (QED) is 0.270. The predicted molar refractivity (Wildman–Crippen MR) is 97.0 cm³/mol. The van der Waals surface area contributed by atoms with E-state index in [0.717, 1.165) is 11.3 Å². The standard InChI is InChI=1S/C18H19N5O5.ClH/c1-26-18(25)12-4-2-11(3-5-12)14-7-6-13(27-14)10-20-8-9-21-17(24)15-16(19)23-28-22-15;/h2-7,20H,8-10H2,1H3,(H2,19,23)(H,21,24);1H. The number of nitrogens with one attached hydrogen (secondary N) is 3. The Kier molecular flexibility index (Phi) is 7.75. The van der Waals surface area contributed by atoms with E-state index in [1.165, 1.54) is 7.11 Å². The minimum absolute atomic E-state index is 0. The van der Waals surface area contributed by atoms with Crippen LogP contribution in [0.2, 0.25) is 0 Å². The molecule has 0 atom stereocenters. The summed E-state index contributed by atoms with van der Waals surface area (Å²) in [6.07, 6.45) is 0. The monoisotopic (exact) mass is 421 g/mol. The molecule has 0 spiro atoms. The molecule has 0 unspecified atom stereocenters. The molecule has 154 valence electrons. The molecule has 29 heavy (non-hydrogen) atoms. The van der Waals surface area contributed by atoms with Crippen LogP contribution in [0.5, 0.6) is 0 Å². The van der Waals surface area contributed by atoms with Gasteiger partial charge < -0.3 is 37.9 Å². The van der Waals surface area contributed by atoms with Crippen LogP contribution in [0.15, 0.2) is 45.4 Å². The largest absolute Gasteiger partial charge is 1.00 e. The number of ether oxygens (including phenoxy) is 1. The first-order valence-electron chi connectivity index (χ1n) is 8.47. The number of furan rings is 1. The van der Waals surface area contributed by atoms with Gasteiger partial charge in [0.15, 0.2) is 0 Å². The number of anilines is 1. The summed E-state index contributed by atoms with van der Waals surface area (Å²) in [5.74, 6) is 0.716. The van der Waals surface area contributed by atoms with Gasteiger partial charge >= 0.3 is 17.5 Å². The molecule has 0 fully saturated rings. The first-order valence-corrected chi connectivity index (χ1v) is 8.47. The Hall–Kier alpha value is -3.37. The molecule has 0 bridgehead atoms. The van der Waals surface area contributed by atoms with Gasteiger partial charge in [0, 0.05) is 18.7 Å². The normalized spacial score (nSPS) is 10.2. The molecule has 5 N–H and O–H groups in total. The van der Waals surface area contributed by atoms with Crippen LogP contribution in [0.4, 0.5) is 5.82 Å². The molecular formula is C18H20ClN5O5. The SMILES string of the molecule is COC(=O)c1ccc(-c2ccc(CNCCNC(=O)c3no[nH+]c3N)o2)cc1.[Cl-]. The summed E-state index contributed by atoms with van der Waals surface area (Å²) >= 11 is 0. The third-order valence-electron chi connectivity index (χ3n) is 3.90. The van der Waals surface area contributed by atoms with Crippen LogP contribution in [0.25, 0.3) is 11.3 Å². The summed E-state index contributed by atoms with van der Waals surface area (Å²) in [6.45, 7) is 1.40. The molecule has 11 heteroatoms. The van der Waals surface area contributed by atoms with Crippen molar-refractivity contribution in [1.29, 1.82) is 0 Å². The summed E-state index contributed by atoms with van der Waals surface area (Å²) in [4.78, 5) is 23.3. The lowest BCUT2D eigenvalue weighted by atomic mass is 10.1. The van der Waals surface area contributed by atoms with Gasteiger partial charge in [0.05, 0.1) is 19.2 Å². The number of esters is 1. The highest BCUT2D eigenvalue weighted by molar-refractivity contribution is 5.95. The number of carbonyl (C=O) groups is 2. The number of aromatic amines is 1. The summed E-state index contributed by atoms with van der Waals surface area (Å²) in [5, 5.41) is 11.6. The molecule has 2 aromatic heterocycles. The Morgan fingerprint density at radius 3 is 2.59 bits per heavy atom. The number of rotatable bonds is 8. The van der Waals surface area contributed by atoms with Crippen LogP contribution in [0.3, 0.4) is 0 Å². The topological polar surface area (TPSA) is 147 Å². The second-order valence-electron chi connectivity index (χ2n) is 5.81.